The third-order valence-corrected chi connectivity index (χ3v) is 4.41. The van der Waals surface area contributed by atoms with Crippen LogP contribution in [0.3, 0.4) is 0 Å². The van der Waals surface area contributed by atoms with Gasteiger partial charge >= 0.3 is 6.09 Å². The average molecular weight is 371 g/mol. The Balaban J connectivity index is 1.75. The van der Waals surface area contributed by atoms with Gasteiger partial charge in [-0.25, -0.2) is 4.79 Å². The van der Waals surface area contributed by atoms with Crippen LogP contribution in [0.4, 0.5) is 21.9 Å². The zero-order chi connectivity index (χ0) is 18.7. The van der Waals surface area contributed by atoms with Gasteiger partial charge in [0.1, 0.15) is 12.4 Å². The fraction of sp³-hybridized carbons (Fsp3) is 0.263. The number of nitrogens with zero attached hydrogens (tertiary/aromatic N) is 1. The van der Waals surface area contributed by atoms with Gasteiger partial charge in [-0.1, -0.05) is 18.2 Å². The number of aryl methyl sites for hydroxylation is 2. The largest absolute Gasteiger partial charge is 0.494 e. The number of cyclic esters (lactones) is 1. The Morgan fingerprint density at radius 1 is 1.19 bits per heavy atom. The molecule has 1 saturated heterocycles. The van der Waals surface area contributed by atoms with Gasteiger partial charge in [-0.2, -0.15) is 0 Å². The van der Waals surface area contributed by atoms with Crippen molar-refractivity contribution >= 4 is 40.5 Å². The number of nitrogens with one attached hydrogen (secondary N) is 2. The second-order valence-electron chi connectivity index (χ2n) is 6.00. The third-order valence-electron chi connectivity index (χ3n) is 4.21. The minimum Gasteiger partial charge on any atom is -0.494 e. The SMILES string of the molecule is COc1cc(NC(=S)Nc2c(C)cccc2C)ccc1N1CCOC1=O. The van der Waals surface area contributed by atoms with Crippen LogP contribution in [0, 0.1) is 13.8 Å². The number of hydrogen-bond donors (Lipinski definition) is 2. The molecule has 2 aromatic rings. The summed E-state index contributed by atoms with van der Waals surface area (Å²) in [7, 11) is 1.57. The predicted octanol–water partition coefficient (Wildman–Crippen LogP) is 4.08. The van der Waals surface area contributed by atoms with Crippen molar-refractivity contribution in [3.05, 3.63) is 47.5 Å². The number of rotatable bonds is 4. The number of carbonyl (C=O) groups is 1. The monoisotopic (exact) mass is 371 g/mol. The molecular weight excluding hydrogens is 350 g/mol. The molecule has 26 heavy (non-hydrogen) atoms. The number of para-hydroxylation sites is 1. The van der Waals surface area contributed by atoms with E-state index in [1.807, 2.05) is 44.2 Å². The first-order chi connectivity index (χ1) is 12.5. The first-order valence-electron chi connectivity index (χ1n) is 8.26. The molecule has 1 fully saturated rings. The topological polar surface area (TPSA) is 62.8 Å². The van der Waals surface area contributed by atoms with Crippen LogP contribution in [0.1, 0.15) is 11.1 Å². The fourth-order valence-corrected chi connectivity index (χ4v) is 3.10. The molecule has 1 heterocycles. The maximum atomic E-state index is 11.8. The Bertz CT molecular complexity index is 834. The lowest BCUT2D eigenvalue weighted by Gasteiger charge is -2.19. The van der Waals surface area contributed by atoms with Crippen molar-refractivity contribution in [2.45, 2.75) is 13.8 Å². The highest BCUT2D eigenvalue weighted by Gasteiger charge is 2.26. The van der Waals surface area contributed by atoms with E-state index in [0.717, 1.165) is 22.5 Å². The van der Waals surface area contributed by atoms with E-state index in [1.54, 1.807) is 18.1 Å². The van der Waals surface area contributed by atoms with E-state index in [1.165, 1.54) is 0 Å². The first-order valence-corrected chi connectivity index (χ1v) is 8.67. The van der Waals surface area contributed by atoms with Crippen molar-refractivity contribution in [2.24, 2.45) is 0 Å². The second kappa shape index (κ2) is 7.61. The van der Waals surface area contributed by atoms with E-state index in [9.17, 15) is 4.79 Å². The number of thiocarbonyl (C=S) groups is 1. The molecule has 6 nitrogen and oxygen atoms in total. The second-order valence-corrected chi connectivity index (χ2v) is 6.41. The average Bonchev–Trinajstić information content (AvgIpc) is 3.04. The molecule has 1 amide bonds. The standard InChI is InChI=1S/C19H21N3O3S/c1-12-5-4-6-13(2)17(12)21-18(26)20-14-7-8-15(16(11-14)24-3)22-9-10-25-19(22)23/h4-8,11H,9-10H2,1-3H3,(H2,20,21,26). The van der Waals surface area contributed by atoms with Gasteiger partial charge < -0.3 is 20.1 Å². The molecule has 0 unspecified atom stereocenters. The van der Waals surface area contributed by atoms with Gasteiger partial charge in [-0.3, -0.25) is 4.90 Å². The number of methoxy groups -OCH3 is 1. The van der Waals surface area contributed by atoms with Crippen molar-refractivity contribution in [1.29, 1.82) is 0 Å². The Hall–Kier alpha value is -2.80. The van der Waals surface area contributed by atoms with Crippen LogP contribution in [0.2, 0.25) is 0 Å². The van der Waals surface area contributed by atoms with E-state index < -0.39 is 0 Å². The van der Waals surface area contributed by atoms with E-state index in [-0.39, 0.29) is 6.09 Å². The zero-order valence-corrected chi connectivity index (χ0v) is 15.8. The van der Waals surface area contributed by atoms with Gasteiger partial charge in [0.25, 0.3) is 0 Å². The lowest BCUT2D eigenvalue weighted by molar-refractivity contribution is 0.181. The van der Waals surface area contributed by atoms with Crippen LogP contribution >= 0.6 is 12.2 Å². The summed E-state index contributed by atoms with van der Waals surface area (Å²) in [5, 5.41) is 6.87. The molecule has 0 saturated carbocycles. The number of hydrogen-bond acceptors (Lipinski definition) is 4. The van der Waals surface area contributed by atoms with Gasteiger partial charge in [-0.05, 0) is 49.3 Å². The molecule has 2 N–H and O–H groups in total. The molecule has 0 bridgehead atoms. The van der Waals surface area contributed by atoms with E-state index in [4.69, 9.17) is 21.7 Å². The maximum absolute atomic E-state index is 11.8. The maximum Gasteiger partial charge on any atom is 0.414 e. The Labute approximate surface area is 158 Å². The number of ether oxygens (including phenoxy) is 2. The molecule has 0 aliphatic carbocycles. The van der Waals surface area contributed by atoms with Crippen molar-refractivity contribution < 1.29 is 14.3 Å². The minimum absolute atomic E-state index is 0.365. The Morgan fingerprint density at radius 3 is 2.54 bits per heavy atom. The molecule has 1 aliphatic heterocycles. The van der Waals surface area contributed by atoms with Crippen molar-refractivity contribution in [3.63, 3.8) is 0 Å². The number of anilines is 3. The van der Waals surface area contributed by atoms with Crippen LogP contribution in [0.5, 0.6) is 5.75 Å². The molecule has 136 valence electrons. The summed E-state index contributed by atoms with van der Waals surface area (Å²) < 4.78 is 10.4. The first kappa shape index (κ1) is 18.0. The van der Waals surface area contributed by atoms with E-state index in [2.05, 4.69) is 10.6 Å². The summed E-state index contributed by atoms with van der Waals surface area (Å²) >= 11 is 5.43. The lowest BCUT2D eigenvalue weighted by atomic mass is 10.1. The highest BCUT2D eigenvalue weighted by atomic mass is 32.1. The summed E-state index contributed by atoms with van der Waals surface area (Å²) in [4.78, 5) is 13.3. The molecule has 3 rings (SSSR count). The van der Waals surface area contributed by atoms with E-state index >= 15 is 0 Å². The molecule has 2 aromatic carbocycles. The zero-order valence-electron chi connectivity index (χ0n) is 15.0. The van der Waals surface area contributed by atoms with Gasteiger partial charge in [0.05, 0.1) is 19.3 Å². The van der Waals surface area contributed by atoms with Crippen LogP contribution in [0.25, 0.3) is 0 Å². The van der Waals surface area contributed by atoms with Crippen molar-refractivity contribution in [1.82, 2.24) is 0 Å². The number of amides is 1. The highest BCUT2D eigenvalue weighted by molar-refractivity contribution is 7.80. The molecule has 0 aromatic heterocycles. The van der Waals surface area contributed by atoms with Crippen molar-refractivity contribution in [3.8, 4) is 5.75 Å². The molecule has 0 radical (unpaired) electrons. The summed E-state index contributed by atoms with van der Waals surface area (Å²) in [6.07, 6.45) is -0.365. The normalized spacial score (nSPS) is 13.3. The van der Waals surface area contributed by atoms with Crippen LogP contribution in [-0.4, -0.2) is 31.5 Å². The summed E-state index contributed by atoms with van der Waals surface area (Å²) in [6.45, 7) is 4.95. The van der Waals surface area contributed by atoms with E-state index in [0.29, 0.717) is 29.7 Å². The van der Waals surface area contributed by atoms with Crippen molar-refractivity contribution in [2.75, 3.05) is 35.8 Å². The third kappa shape index (κ3) is 3.72. The predicted molar refractivity (Wildman–Crippen MR) is 107 cm³/mol. The molecule has 0 spiro atoms. The minimum atomic E-state index is -0.365. The van der Waals surface area contributed by atoms with Crippen LogP contribution < -0.4 is 20.3 Å². The number of benzene rings is 2. The van der Waals surface area contributed by atoms with Gasteiger partial charge in [0.15, 0.2) is 5.11 Å². The Kier molecular flexibility index (Phi) is 5.27. The number of carbonyl (C=O) groups excluding carboxylic acids is 1. The van der Waals surface area contributed by atoms with Gasteiger partial charge in [0, 0.05) is 17.4 Å². The Morgan fingerprint density at radius 2 is 1.92 bits per heavy atom. The quantitative estimate of drug-likeness (QED) is 0.790. The highest BCUT2D eigenvalue weighted by Crippen LogP contribution is 2.33. The van der Waals surface area contributed by atoms with Crippen LogP contribution in [-0.2, 0) is 4.74 Å². The molecule has 0 atom stereocenters. The fourth-order valence-electron chi connectivity index (χ4n) is 2.88. The molecule has 1 aliphatic rings. The summed E-state index contributed by atoms with van der Waals surface area (Å²) in [5.41, 5.74) is 4.67. The van der Waals surface area contributed by atoms with Gasteiger partial charge in [0.2, 0.25) is 0 Å². The lowest BCUT2D eigenvalue weighted by Crippen LogP contribution is -2.24. The van der Waals surface area contributed by atoms with Crippen LogP contribution in [0.15, 0.2) is 36.4 Å². The molecule has 7 heteroatoms. The molecular formula is C19H21N3O3S. The van der Waals surface area contributed by atoms with Gasteiger partial charge in [-0.15, -0.1) is 0 Å². The summed E-state index contributed by atoms with van der Waals surface area (Å²) in [5.74, 6) is 0.573. The summed E-state index contributed by atoms with van der Waals surface area (Å²) in [6, 6.07) is 11.5. The smallest absolute Gasteiger partial charge is 0.414 e.